The van der Waals surface area contributed by atoms with E-state index in [1.807, 2.05) is 18.2 Å². The van der Waals surface area contributed by atoms with Gasteiger partial charge in [-0.2, -0.15) is 0 Å². The number of furan rings is 1. The number of rotatable bonds is 4. The summed E-state index contributed by atoms with van der Waals surface area (Å²) < 4.78 is 15.8. The van der Waals surface area contributed by atoms with Crippen LogP contribution in [0.1, 0.15) is 77.6 Å². The van der Waals surface area contributed by atoms with E-state index in [0.29, 0.717) is 5.89 Å². The minimum Gasteiger partial charge on any atom is -0.456 e. The fraction of sp³-hybridized carbons (Fsp3) is 0.183. The molecule has 0 amide bonds. The van der Waals surface area contributed by atoms with E-state index in [2.05, 4.69) is 200 Å². The molecule has 1 aliphatic carbocycles. The van der Waals surface area contributed by atoms with Crippen molar-refractivity contribution in [1.29, 1.82) is 0 Å². The number of benzene rings is 8. The SMILES string of the molecule is CC(C)(C)c1ccc(Nc2cc3oc4ccccc4c3cc2-c2c3c(c4c5cc(C(C)(C)C)ccc5n5c4c2[B]c2cc4nc(-c6ccccc6)oc4cc2-5)C(C)(C)c2ccccc2-3)cc1. The van der Waals surface area contributed by atoms with E-state index >= 15 is 0 Å². The van der Waals surface area contributed by atoms with Crippen LogP contribution in [0, 0.1) is 0 Å². The maximum Gasteiger partial charge on any atom is 0.227 e. The number of nitrogens with zero attached hydrogens (tertiary/aromatic N) is 2. The fourth-order valence-corrected chi connectivity index (χ4v) is 11.2. The van der Waals surface area contributed by atoms with Gasteiger partial charge in [0, 0.05) is 67.1 Å². The first-order valence-electron chi connectivity index (χ1n) is 23.2. The summed E-state index contributed by atoms with van der Waals surface area (Å²) in [4.78, 5) is 5.09. The lowest BCUT2D eigenvalue weighted by molar-refractivity contribution is 0.590. The average Bonchev–Trinajstić information content (AvgIpc) is 4.04. The van der Waals surface area contributed by atoms with E-state index < -0.39 is 0 Å². The number of anilines is 2. The molecule has 0 fully saturated rings. The molecule has 0 unspecified atom stereocenters. The summed E-state index contributed by atoms with van der Waals surface area (Å²) in [5, 5.41) is 8.72. The Balaban J connectivity index is 1.19. The van der Waals surface area contributed by atoms with Crippen LogP contribution in [-0.2, 0) is 16.2 Å². The highest BCUT2D eigenvalue weighted by molar-refractivity contribution is 6.74. The van der Waals surface area contributed by atoms with Crippen molar-refractivity contribution in [2.24, 2.45) is 0 Å². The van der Waals surface area contributed by atoms with E-state index in [1.165, 1.54) is 66.2 Å². The van der Waals surface area contributed by atoms with Gasteiger partial charge in [-0.1, -0.05) is 140 Å². The van der Waals surface area contributed by atoms with Crippen LogP contribution in [-0.4, -0.2) is 16.8 Å². The number of nitrogens with one attached hydrogen (secondary N) is 1. The Kier molecular flexibility index (Phi) is 7.93. The molecule has 3 aromatic heterocycles. The van der Waals surface area contributed by atoms with Gasteiger partial charge in [0.2, 0.25) is 5.89 Å². The lowest BCUT2D eigenvalue weighted by atomic mass is 9.57. The molecule has 319 valence electrons. The molecule has 11 aromatic rings. The molecule has 0 saturated carbocycles. The first kappa shape index (κ1) is 39.1. The second-order valence-electron chi connectivity index (χ2n) is 21.1. The summed E-state index contributed by atoms with van der Waals surface area (Å²) in [7, 11) is 2.43. The molecule has 0 atom stereocenters. The highest BCUT2D eigenvalue weighted by Crippen LogP contribution is 2.57. The molecule has 1 radical (unpaired) electrons. The second kappa shape index (κ2) is 13.4. The highest BCUT2D eigenvalue weighted by Gasteiger charge is 2.43. The Morgan fingerprint density at radius 1 is 0.606 bits per heavy atom. The molecule has 6 heteroatoms. The minimum absolute atomic E-state index is 0.0363. The molecular weight excluding hydrogens is 805 g/mol. The van der Waals surface area contributed by atoms with Gasteiger partial charge < -0.3 is 18.7 Å². The monoisotopic (exact) mass is 854 g/mol. The topological polar surface area (TPSA) is 56.1 Å². The van der Waals surface area contributed by atoms with Crippen molar-refractivity contribution < 1.29 is 8.83 Å². The Morgan fingerprint density at radius 3 is 2.12 bits per heavy atom. The summed E-state index contributed by atoms with van der Waals surface area (Å²) in [5.74, 6) is 0.618. The number of para-hydroxylation sites is 1. The van der Waals surface area contributed by atoms with Gasteiger partial charge >= 0.3 is 0 Å². The van der Waals surface area contributed by atoms with Gasteiger partial charge in [-0.05, 0) is 110 Å². The van der Waals surface area contributed by atoms with Crippen LogP contribution in [0.5, 0.6) is 0 Å². The Bertz CT molecular complexity index is 3850. The maximum absolute atomic E-state index is 6.66. The molecule has 4 heterocycles. The van der Waals surface area contributed by atoms with Crippen LogP contribution in [0.15, 0.2) is 154 Å². The van der Waals surface area contributed by atoms with Gasteiger partial charge in [0.1, 0.15) is 16.7 Å². The van der Waals surface area contributed by atoms with E-state index in [9.17, 15) is 0 Å². The van der Waals surface area contributed by atoms with Crippen molar-refractivity contribution in [3.05, 3.63) is 168 Å². The van der Waals surface area contributed by atoms with Crippen LogP contribution in [0.4, 0.5) is 11.4 Å². The van der Waals surface area contributed by atoms with Crippen molar-refractivity contribution in [2.75, 3.05) is 5.32 Å². The van der Waals surface area contributed by atoms with Gasteiger partial charge in [0.05, 0.1) is 11.2 Å². The standard InChI is InChI=1S/C60H49BN3O2/c1-58(2,3)34-22-25-36(26-23-34)62-44-31-49-39(37-18-13-15-21-48(37)65-49)29-40(44)52-51-38-19-12-14-20-42(38)60(7,8)54(51)53-41-28-35(59(4,5)6)24-27-46(41)64-47-32-50-45(30-43(47)61-55(52)56(53)64)63-57(66-50)33-16-10-9-11-17-33/h9-32,62H,1-8H3. The molecule has 1 aliphatic heterocycles. The molecular formula is C60H49BN3O2. The first-order chi connectivity index (χ1) is 31.7. The number of oxazole rings is 1. The minimum atomic E-state index is -0.321. The summed E-state index contributed by atoms with van der Waals surface area (Å²) >= 11 is 0. The number of hydrogen-bond donors (Lipinski definition) is 1. The molecule has 5 nitrogen and oxygen atoms in total. The van der Waals surface area contributed by atoms with Crippen molar-refractivity contribution in [2.45, 2.75) is 71.6 Å². The predicted molar refractivity (Wildman–Crippen MR) is 276 cm³/mol. The Hall–Kier alpha value is -7.31. The number of aromatic nitrogens is 2. The van der Waals surface area contributed by atoms with Gasteiger partial charge in [0.15, 0.2) is 12.9 Å². The zero-order chi connectivity index (χ0) is 45.0. The Morgan fingerprint density at radius 2 is 1.33 bits per heavy atom. The summed E-state index contributed by atoms with van der Waals surface area (Å²) in [6.07, 6.45) is 0. The van der Waals surface area contributed by atoms with Crippen LogP contribution >= 0.6 is 0 Å². The van der Waals surface area contributed by atoms with E-state index in [-0.39, 0.29) is 16.2 Å². The molecule has 0 spiro atoms. The zero-order valence-corrected chi connectivity index (χ0v) is 38.6. The van der Waals surface area contributed by atoms with Crippen LogP contribution < -0.4 is 16.2 Å². The summed E-state index contributed by atoms with van der Waals surface area (Å²) in [5.41, 5.74) is 21.9. The van der Waals surface area contributed by atoms with Crippen molar-refractivity contribution in [1.82, 2.24) is 9.55 Å². The first-order valence-corrected chi connectivity index (χ1v) is 23.2. The summed E-state index contributed by atoms with van der Waals surface area (Å²) in [6.45, 7) is 18.6. The molecule has 2 aliphatic rings. The third-order valence-corrected chi connectivity index (χ3v) is 14.5. The van der Waals surface area contributed by atoms with E-state index in [1.54, 1.807) is 0 Å². The number of fused-ring (bicyclic) bond motifs is 13. The van der Waals surface area contributed by atoms with Crippen molar-refractivity contribution >= 4 is 84.4 Å². The zero-order valence-electron chi connectivity index (χ0n) is 38.6. The van der Waals surface area contributed by atoms with Gasteiger partial charge in [0.25, 0.3) is 0 Å². The quantitative estimate of drug-likeness (QED) is 0.179. The number of hydrogen-bond acceptors (Lipinski definition) is 4. The van der Waals surface area contributed by atoms with Crippen molar-refractivity contribution in [3.63, 3.8) is 0 Å². The van der Waals surface area contributed by atoms with Gasteiger partial charge in [-0.25, -0.2) is 4.98 Å². The molecule has 1 N–H and O–H groups in total. The fourth-order valence-electron chi connectivity index (χ4n) is 11.2. The average molecular weight is 855 g/mol. The maximum atomic E-state index is 6.66. The van der Waals surface area contributed by atoms with Crippen LogP contribution in [0.2, 0.25) is 0 Å². The third-order valence-electron chi connectivity index (χ3n) is 14.5. The van der Waals surface area contributed by atoms with Crippen LogP contribution in [0.3, 0.4) is 0 Å². The summed E-state index contributed by atoms with van der Waals surface area (Å²) in [6, 6.07) is 52.8. The van der Waals surface area contributed by atoms with E-state index in [4.69, 9.17) is 13.8 Å². The third kappa shape index (κ3) is 5.57. The van der Waals surface area contributed by atoms with Crippen LogP contribution in [0.25, 0.3) is 94.2 Å². The highest BCUT2D eigenvalue weighted by atomic mass is 16.3. The molecule has 0 saturated heterocycles. The second-order valence-corrected chi connectivity index (χ2v) is 21.1. The normalized spacial score (nSPS) is 14.0. The smallest absolute Gasteiger partial charge is 0.227 e. The molecule has 0 bridgehead atoms. The molecule has 13 rings (SSSR count). The van der Waals surface area contributed by atoms with E-state index in [0.717, 1.165) is 66.7 Å². The largest absolute Gasteiger partial charge is 0.456 e. The Labute approximate surface area is 385 Å². The van der Waals surface area contributed by atoms with Gasteiger partial charge in [-0.15, -0.1) is 0 Å². The molecule has 8 aromatic carbocycles. The van der Waals surface area contributed by atoms with Crippen molar-refractivity contribution in [3.8, 4) is 39.4 Å². The molecule has 66 heavy (non-hydrogen) atoms. The van der Waals surface area contributed by atoms with Gasteiger partial charge in [-0.3, -0.25) is 0 Å². The lowest BCUT2D eigenvalue weighted by Gasteiger charge is -2.28. The predicted octanol–water partition coefficient (Wildman–Crippen LogP) is 14.8. The lowest BCUT2D eigenvalue weighted by Crippen LogP contribution is -2.38.